The standard InChI is InChI=1S/C14H17FO2/c1-10(2)17-13(16)11-8-14(15,9-11)12-6-4-3-5-7-12/h3-7,10-11H,8-9H2,1-2H3. The number of hydrogen-bond acceptors (Lipinski definition) is 2. The maximum Gasteiger partial charge on any atom is 0.309 e. The van der Waals surface area contributed by atoms with Gasteiger partial charge in [-0.1, -0.05) is 30.3 Å². The molecule has 3 heteroatoms. The van der Waals surface area contributed by atoms with E-state index in [1.54, 1.807) is 26.0 Å². The maximum atomic E-state index is 14.4. The summed E-state index contributed by atoms with van der Waals surface area (Å²) in [6, 6.07) is 9.02. The first-order valence-corrected chi connectivity index (χ1v) is 5.96. The average Bonchev–Trinajstić information content (AvgIpc) is 2.25. The molecule has 0 saturated heterocycles. The van der Waals surface area contributed by atoms with E-state index in [4.69, 9.17) is 4.74 Å². The fourth-order valence-corrected chi connectivity index (χ4v) is 2.19. The van der Waals surface area contributed by atoms with Gasteiger partial charge in [-0.2, -0.15) is 0 Å². The first-order valence-electron chi connectivity index (χ1n) is 5.96. The molecule has 1 aliphatic rings. The van der Waals surface area contributed by atoms with Crippen LogP contribution in [0.1, 0.15) is 32.3 Å². The Hall–Kier alpha value is -1.38. The summed E-state index contributed by atoms with van der Waals surface area (Å²) >= 11 is 0. The van der Waals surface area contributed by atoms with Gasteiger partial charge in [0.2, 0.25) is 0 Å². The molecule has 0 heterocycles. The van der Waals surface area contributed by atoms with Crippen LogP contribution in [0.2, 0.25) is 0 Å². The summed E-state index contributed by atoms with van der Waals surface area (Å²) in [5.74, 6) is -0.563. The van der Waals surface area contributed by atoms with Gasteiger partial charge in [0, 0.05) is 0 Å². The van der Waals surface area contributed by atoms with Crippen LogP contribution in [0.4, 0.5) is 4.39 Å². The minimum Gasteiger partial charge on any atom is -0.463 e. The Kier molecular flexibility index (Phi) is 3.18. The Labute approximate surface area is 101 Å². The second-order valence-corrected chi connectivity index (χ2v) is 4.92. The zero-order valence-electron chi connectivity index (χ0n) is 10.2. The Morgan fingerprint density at radius 3 is 2.47 bits per heavy atom. The molecule has 1 saturated carbocycles. The van der Waals surface area contributed by atoms with Crippen molar-refractivity contribution >= 4 is 5.97 Å². The number of halogens is 1. The zero-order chi connectivity index (χ0) is 12.5. The van der Waals surface area contributed by atoms with E-state index in [9.17, 15) is 9.18 Å². The summed E-state index contributed by atoms with van der Waals surface area (Å²) in [5, 5.41) is 0. The van der Waals surface area contributed by atoms with E-state index < -0.39 is 5.67 Å². The van der Waals surface area contributed by atoms with Crippen LogP contribution in [0, 0.1) is 5.92 Å². The molecule has 92 valence electrons. The van der Waals surface area contributed by atoms with E-state index in [-0.39, 0.29) is 30.8 Å². The van der Waals surface area contributed by atoms with E-state index >= 15 is 0 Å². The number of hydrogen-bond donors (Lipinski definition) is 0. The van der Waals surface area contributed by atoms with Crippen molar-refractivity contribution in [3.05, 3.63) is 35.9 Å². The van der Waals surface area contributed by atoms with E-state index in [1.807, 2.05) is 18.2 Å². The number of rotatable bonds is 3. The van der Waals surface area contributed by atoms with Gasteiger partial charge in [0.15, 0.2) is 0 Å². The maximum absolute atomic E-state index is 14.4. The summed E-state index contributed by atoms with van der Waals surface area (Å²) < 4.78 is 19.5. The second-order valence-electron chi connectivity index (χ2n) is 4.92. The lowest BCUT2D eigenvalue weighted by Crippen LogP contribution is -2.42. The molecule has 1 aliphatic carbocycles. The van der Waals surface area contributed by atoms with Crippen LogP contribution in [0.15, 0.2) is 30.3 Å². The average molecular weight is 236 g/mol. The van der Waals surface area contributed by atoms with Gasteiger partial charge in [0.25, 0.3) is 0 Å². The molecule has 0 bridgehead atoms. The second kappa shape index (κ2) is 4.47. The Balaban J connectivity index is 1.96. The summed E-state index contributed by atoms with van der Waals surface area (Å²) in [7, 11) is 0. The highest BCUT2D eigenvalue weighted by atomic mass is 19.1. The minimum atomic E-state index is -1.35. The summed E-state index contributed by atoms with van der Waals surface area (Å²) in [4.78, 5) is 11.6. The predicted octanol–water partition coefficient (Wildman–Crippen LogP) is 3.21. The first kappa shape index (κ1) is 12.1. The van der Waals surface area contributed by atoms with Crippen LogP contribution in [-0.2, 0) is 15.2 Å². The van der Waals surface area contributed by atoms with Gasteiger partial charge in [0.1, 0.15) is 5.67 Å². The molecule has 0 unspecified atom stereocenters. The van der Waals surface area contributed by atoms with Gasteiger partial charge < -0.3 is 4.74 Å². The fourth-order valence-electron chi connectivity index (χ4n) is 2.19. The third kappa shape index (κ3) is 2.48. The molecule has 0 aromatic heterocycles. The van der Waals surface area contributed by atoms with Gasteiger partial charge in [-0.15, -0.1) is 0 Å². The molecule has 0 spiro atoms. The molecular formula is C14H17FO2. The van der Waals surface area contributed by atoms with E-state index in [0.29, 0.717) is 5.56 Å². The Bertz CT molecular complexity index is 394. The number of carbonyl (C=O) groups is 1. The van der Waals surface area contributed by atoms with Gasteiger partial charge in [-0.25, -0.2) is 4.39 Å². The van der Waals surface area contributed by atoms with Crippen LogP contribution in [0.3, 0.4) is 0 Å². The molecule has 2 nitrogen and oxygen atoms in total. The Morgan fingerprint density at radius 1 is 1.35 bits per heavy atom. The lowest BCUT2D eigenvalue weighted by atomic mass is 9.69. The molecule has 0 aliphatic heterocycles. The predicted molar refractivity (Wildman–Crippen MR) is 63.2 cm³/mol. The van der Waals surface area contributed by atoms with Crippen molar-refractivity contribution in [3.63, 3.8) is 0 Å². The molecular weight excluding hydrogens is 219 g/mol. The van der Waals surface area contributed by atoms with Crippen molar-refractivity contribution in [1.82, 2.24) is 0 Å². The van der Waals surface area contributed by atoms with Gasteiger partial charge in [0.05, 0.1) is 12.0 Å². The van der Waals surface area contributed by atoms with Crippen molar-refractivity contribution in [2.24, 2.45) is 5.92 Å². The van der Waals surface area contributed by atoms with Crippen molar-refractivity contribution in [1.29, 1.82) is 0 Å². The number of benzene rings is 1. The van der Waals surface area contributed by atoms with Crippen LogP contribution >= 0.6 is 0 Å². The highest BCUT2D eigenvalue weighted by Gasteiger charge is 2.50. The smallest absolute Gasteiger partial charge is 0.309 e. The number of alkyl halides is 1. The molecule has 1 aromatic carbocycles. The summed E-state index contributed by atoms with van der Waals surface area (Å²) in [6.45, 7) is 3.60. The quantitative estimate of drug-likeness (QED) is 0.753. The fraction of sp³-hybridized carbons (Fsp3) is 0.500. The van der Waals surface area contributed by atoms with Gasteiger partial charge >= 0.3 is 5.97 Å². The SMILES string of the molecule is CC(C)OC(=O)C1CC(F)(c2ccccc2)C1. The molecule has 1 aromatic rings. The first-order chi connectivity index (χ1) is 8.01. The third-order valence-corrected chi connectivity index (χ3v) is 3.12. The third-order valence-electron chi connectivity index (χ3n) is 3.12. The molecule has 0 atom stereocenters. The van der Waals surface area contributed by atoms with Crippen molar-refractivity contribution < 1.29 is 13.9 Å². The summed E-state index contributed by atoms with van der Waals surface area (Å²) in [5.41, 5.74) is -0.685. The van der Waals surface area contributed by atoms with Crippen LogP contribution < -0.4 is 0 Å². The highest BCUT2D eigenvalue weighted by Crippen LogP contribution is 2.49. The molecule has 0 amide bonds. The van der Waals surface area contributed by atoms with E-state index in [1.165, 1.54) is 0 Å². The zero-order valence-corrected chi connectivity index (χ0v) is 10.2. The Morgan fingerprint density at radius 2 is 1.94 bits per heavy atom. The van der Waals surface area contributed by atoms with Crippen molar-refractivity contribution in [2.75, 3.05) is 0 Å². The number of carbonyl (C=O) groups excluding carboxylic acids is 1. The summed E-state index contributed by atoms with van der Waals surface area (Å²) in [6.07, 6.45) is 0.347. The van der Waals surface area contributed by atoms with E-state index in [0.717, 1.165) is 0 Å². The lowest BCUT2D eigenvalue weighted by molar-refractivity contribution is -0.162. The molecule has 1 fully saturated rings. The minimum absolute atomic E-state index is 0.131. The van der Waals surface area contributed by atoms with Crippen LogP contribution in [0.25, 0.3) is 0 Å². The molecule has 17 heavy (non-hydrogen) atoms. The van der Waals surface area contributed by atoms with E-state index in [2.05, 4.69) is 0 Å². The number of ether oxygens (including phenoxy) is 1. The van der Waals surface area contributed by atoms with Crippen LogP contribution in [-0.4, -0.2) is 12.1 Å². The lowest BCUT2D eigenvalue weighted by Gasteiger charge is -2.40. The topological polar surface area (TPSA) is 26.3 Å². The molecule has 0 radical (unpaired) electrons. The van der Waals surface area contributed by atoms with Crippen molar-refractivity contribution in [2.45, 2.75) is 38.5 Å². The monoisotopic (exact) mass is 236 g/mol. The number of esters is 1. The normalized spacial score (nSPS) is 27.6. The van der Waals surface area contributed by atoms with Gasteiger partial charge in [-0.05, 0) is 32.3 Å². The largest absolute Gasteiger partial charge is 0.463 e. The van der Waals surface area contributed by atoms with Crippen LogP contribution in [0.5, 0.6) is 0 Å². The highest BCUT2D eigenvalue weighted by molar-refractivity contribution is 5.74. The molecule has 2 rings (SSSR count). The van der Waals surface area contributed by atoms with Crippen molar-refractivity contribution in [3.8, 4) is 0 Å². The molecule has 0 N–H and O–H groups in total. The van der Waals surface area contributed by atoms with Gasteiger partial charge in [-0.3, -0.25) is 4.79 Å².